The second kappa shape index (κ2) is 4.61. The van der Waals surface area contributed by atoms with Gasteiger partial charge in [0.05, 0.1) is 11.3 Å². The molecule has 4 nitrogen and oxygen atoms in total. The topological polar surface area (TPSA) is 44.1 Å². The van der Waals surface area contributed by atoms with E-state index in [9.17, 15) is 4.79 Å². The first-order valence-corrected chi connectivity index (χ1v) is 6.11. The summed E-state index contributed by atoms with van der Waals surface area (Å²) >= 11 is 0. The number of aryl methyl sites for hydroxylation is 2. The van der Waals surface area contributed by atoms with E-state index in [1.807, 2.05) is 20.0 Å². The summed E-state index contributed by atoms with van der Waals surface area (Å²) < 4.78 is 7.26. The highest BCUT2D eigenvalue weighted by molar-refractivity contribution is 5.81. The van der Waals surface area contributed by atoms with Gasteiger partial charge in [0, 0.05) is 32.7 Å². The largest absolute Gasteiger partial charge is 0.378 e. The molecular formula is C13H20N2O2. The Labute approximate surface area is 102 Å². The molecule has 1 fully saturated rings. The number of methoxy groups -OCH3 is 1. The number of nitrogens with zero attached hydrogens (tertiary/aromatic N) is 2. The average Bonchev–Trinajstić information content (AvgIpc) is 2.51. The van der Waals surface area contributed by atoms with Crippen molar-refractivity contribution in [2.75, 3.05) is 7.11 Å². The van der Waals surface area contributed by atoms with Gasteiger partial charge in [0.15, 0.2) is 0 Å². The van der Waals surface area contributed by atoms with Crippen molar-refractivity contribution < 1.29 is 9.53 Å². The Balaban J connectivity index is 1.95. The molecule has 0 spiro atoms. The zero-order valence-electron chi connectivity index (χ0n) is 10.8. The highest BCUT2D eigenvalue weighted by Crippen LogP contribution is 2.38. The Kier molecular flexibility index (Phi) is 3.33. The average molecular weight is 236 g/mol. The minimum atomic E-state index is -0.162. The molecule has 0 aromatic carbocycles. The molecule has 4 heteroatoms. The molecule has 1 aliphatic carbocycles. The molecule has 1 aromatic rings. The van der Waals surface area contributed by atoms with Crippen LogP contribution in [0.4, 0.5) is 0 Å². The molecule has 0 unspecified atom stereocenters. The minimum Gasteiger partial charge on any atom is -0.378 e. The molecule has 0 bridgehead atoms. The zero-order valence-corrected chi connectivity index (χ0v) is 10.8. The first-order chi connectivity index (χ1) is 8.04. The van der Waals surface area contributed by atoms with Gasteiger partial charge in [-0.2, -0.15) is 5.10 Å². The van der Waals surface area contributed by atoms with Crippen molar-refractivity contribution in [1.29, 1.82) is 0 Å². The molecule has 94 valence electrons. The van der Waals surface area contributed by atoms with Crippen LogP contribution < -0.4 is 0 Å². The molecule has 1 aliphatic rings. The monoisotopic (exact) mass is 236 g/mol. The number of carbonyl (C=O) groups excluding carboxylic acids is 1. The van der Waals surface area contributed by atoms with Gasteiger partial charge in [0.2, 0.25) is 0 Å². The number of carbonyl (C=O) groups is 1. The highest BCUT2D eigenvalue weighted by Gasteiger charge is 2.38. The van der Waals surface area contributed by atoms with E-state index in [0.29, 0.717) is 12.8 Å². The van der Waals surface area contributed by atoms with Gasteiger partial charge in [0.1, 0.15) is 5.78 Å². The van der Waals surface area contributed by atoms with Crippen LogP contribution in [0.1, 0.15) is 37.1 Å². The van der Waals surface area contributed by atoms with Crippen LogP contribution in [-0.4, -0.2) is 28.3 Å². The molecule has 17 heavy (non-hydrogen) atoms. The fourth-order valence-corrected chi connectivity index (χ4v) is 2.48. The van der Waals surface area contributed by atoms with Gasteiger partial charge in [-0.25, -0.2) is 0 Å². The lowest BCUT2D eigenvalue weighted by Crippen LogP contribution is -2.41. The standard InChI is InChI=1S/C13H20N2O2/c1-10-7-11(15(2)14-10)8-12(16)9-13(17-3)5-4-6-13/h7H,4-6,8-9H2,1-3H3. The maximum Gasteiger partial charge on any atom is 0.141 e. The molecule has 1 saturated carbocycles. The lowest BCUT2D eigenvalue weighted by molar-refractivity contribution is -0.131. The molecule has 1 heterocycles. The van der Waals surface area contributed by atoms with Crippen LogP contribution in [-0.2, 0) is 23.0 Å². The van der Waals surface area contributed by atoms with Gasteiger partial charge < -0.3 is 4.74 Å². The third-order valence-electron chi connectivity index (χ3n) is 3.69. The van der Waals surface area contributed by atoms with Gasteiger partial charge in [-0.3, -0.25) is 9.48 Å². The summed E-state index contributed by atoms with van der Waals surface area (Å²) in [6.45, 7) is 1.94. The van der Waals surface area contributed by atoms with E-state index >= 15 is 0 Å². The van der Waals surface area contributed by atoms with Crippen LogP contribution in [0, 0.1) is 6.92 Å². The number of hydrogen-bond acceptors (Lipinski definition) is 3. The smallest absolute Gasteiger partial charge is 0.141 e. The van der Waals surface area contributed by atoms with E-state index in [0.717, 1.165) is 24.2 Å². The summed E-state index contributed by atoms with van der Waals surface area (Å²) in [7, 11) is 3.59. The summed E-state index contributed by atoms with van der Waals surface area (Å²) in [6, 6.07) is 1.97. The van der Waals surface area contributed by atoms with Crippen molar-refractivity contribution in [2.24, 2.45) is 7.05 Å². The Bertz CT molecular complexity index is 414. The molecule has 0 atom stereocenters. The summed E-state index contributed by atoms with van der Waals surface area (Å²) in [5.41, 5.74) is 1.78. The Morgan fingerprint density at radius 3 is 2.71 bits per heavy atom. The van der Waals surface area contributed by atoms with E-state index in [1.54, 1.807) is 11.8 Å². The Morgan fingerprint density at radius 1 is 1.59 bits per heavy atom. The van der Waals surface area contributed by atoms with Crippen molar-refractivity contribution in [3.05, 3.63) is 17.5 Å². The van der Waals surface area contributed by atoms with Crippen LogP contribution in [0.5, 0.6) is 0 Å². The van der Waals surface area contributed by atoms with Gasteiger partial charge in [-0.1, -0.05) is 0 Å². The summed E-state index contributed by atoms with van der Waals surface area (Å²) in [5, 5.41) is 4.25. The molecule has 0 amide bonds. The minimum absolute atomic E-state index is 0.162. The third kappa shape index (κ3) is 2.57. The van der Waals surface area contributed by atoms with E-state index in [4.69, 9.17) is 4.74 Å². The van der Waals surface area contributed by atoms with E-state index < -0.39 is 0 Å². The first kappa shape index (κ1) is 12.3. The van der Waals surface area contributed by atoms with Crippen molar-refractivity contribution >= 4 is 5.78 Å². The molecule has 2 rings (SSSR count). The molecule has 1 aromatic heterocycles. The first-order valence-electron chi connectivity index (χ1n) is 6.11. The zero-order chi connectivity index (χ0) is 12.5. The van der Waals surface area contributed by atoms with Crippen LogP contribution >= 0.6 is 0 Å². The number of ether oxygens (including phenoxy) is 1. The normalized spacial score (nSPS) is 17.8. The Hall–Kier alpha value is -1.16. The predicted molar refractivity (Wildman–Crippen MR) is 64.9 cm³/mol. The molecule has 0 N–H and O–H groups in total. The van der Waals surface area contributed by atoms with Gasteiger partial charge in [-0.15, -0.1) is 0 Å². The maximum absolute atomic E-state index is 12.0. The maximum atomic E-state index is 12.0. The fraction of sp³-hybridized carbons (Fsp3) is 0.692. The molecular weight excluding hydrogens is 216 g/mol. The lowest BCUT2D eigenvalue weighted by Gasteiger charge is -2.40. The number of rotatable bonds is 5. The van der Waals surface area contributed by atoms with Gasteiger partial charge in [0.25, 0.3) is 0 Å². The van der Waals surface area contributed by atoms with E-state index in [2.05, 4.69) is 5.10 Å². The van der Waals surface area contributed by atoms with Gasteiger partial charge >= 0.3 is 0 Å². The number of aromatic nitrogens is 2. The van der Waals surface area contributed by atoms with Gasteiger partial charge in [-0.05, 0) is 32.3 Å². The summed E-state index contributed by atoms with van der Waals surface area (Å²) in [5.74, 6) is 0.245. The van der Waals surface area contributed by atoms with Crippen LogP contribution in [0.15, 0.2) is 6.07 Å². The fourth-order valence-electron chi connectivity index (χ4n) is 2.48. The third-order valence-corrected chi connectivity index (χ3v) is 3.69. The van der Waals surface area contributed by atoms with Crippen molar-refractivity contribution in [1.82, 2.24) is 9.78 Å². The summed E-state index contributed by atoms with van der Waals surface area (Å²) in [4.78, 5) is 12.0. The number of Topliss-reactive ketones (excluding diaryl/α,β-unsaturated/α-hetero) is 1. The lowest BCUT2D eigenvalue weighted by atomic mass is 9.76. The van der Waals surface area contributed by atoms with Crippen molar-refractivity contribution in [2.45, 2.75) is 44.6 Å². The number of hydrogen-bond donors (Lipinski definition) is 0. The van der Waals surface area contributed by atoms with Crippen molar-refractivity contribution in [3.63, 3.8) is 0 Å². The molecule has 0 aliphatic heterocycles. The molecule has 0 saturated heterocycles. The quantitative estimate of drug-likeness (QED) is 0.783. The second-order valence-electron chi connectivity index (χ2n) is 5.03. The summed E-state index contributed by atoms with van der Waals surface area (Å²) in [6.07, 6.45) is 4.20. The molecule has 0 radical (unpaired) electrons. The van der Waals surface area contributed by atoms with E-state index in [1.165, 1.54) is 6.42 Å². The highest BCUT2D eigenvalue weighted by atomic mass is 16.5. The van der Waals surface area contributed by atoms with E-state index in [-0.39, 0.29) is 11.4 Å². The van der Waals surface area contributed by atoms with Crippen LogP contribution in [0.25, 0.3) is 0 Å². The van der Waals surface area contributed by atoms with Crippen LogP contribution in [0.2, 0.25) is 0 Å². The SMILES string of the molecule is COC1(CC(=O)Cc2cc(C)nn2C)CCC1. The van der Waals surface area contributed by atoms with Crippen LogP contribution in [0.3, 0.4) is 0 Å². The van der Waals surface area contributed by atoms with Crippen molar-refractivity contribution in [3.8, 4) is 0 Å². The predicted octanol–water partition coefficient (Wildman–Crippen LogP) is 1.80. The Morgan fingerprint density at radius 2 is 2.29 bits per heavy atom. The number of ketones is 1. The second-order valence-corrected chi connectivity index (χ2v) is 5.03.